The number of hydrogen-bond acceptors (Lipinski definition) is 10. The van der Waals surface area contributed by atoms with Gasteiger partial charge in [-0.3, -0.25) is 23.7 Å². The molecule has 2 heterocycles. The molecule has 0 radical (unpaired) electrons. The fourth-order valence-corrected chi connectivity index (χ4v) is 5.52. The molecule has 218 valence electrons. The Morgan fingerprint density at radius 2 is 1.93 bits per heavy atom. The van der Waals surface area contributed by atoms with Crippen LogP contribution < -0.4 is 20.9 Å². The van der Waals surface area contributed by atoms with E-state index in [1.165, 1.54) is 12.1 Å². The number of hydrogen-bond donors (Lipinski definition) is 4. The van der Waals surface area contributed by atoms with Crippen molar-refractivity contribution in [3.05, 3.63) is 63.4 Å². The number of aromatic amines is 1. The second kappa shape index (κ2) is 13.0. The summed E-state index contributed by atoms with van der Waals surface area (Å²) >= 11 is 0. The summed E-state index contributed by atoms with van der Waals surface area (Å²) in [5.74, 6) is 1.51. The number of nitrogens with one attached hydrogen (secondary N) is 2. The van der Waals surface area contributed by atoms with Crippen molar-refractivity contribution in [2.24, 2.45) is 5.92 Å². The molecule has 0 spiro atoms. The SMILES string of the molecule is C#C[C@]1(O)C(n2ccc(=O)[nH]c2=O)O[C@H](COP(=O)(N[C@@H](CC(C)C)C(=O)OC(C)C)Oc2ccccc2)[C@H]1O. The van der Waals surface area contributed by atoms with E-state index in [0.717, 1.165) is 16.8 Å². The van der Waals surface area contributed by atoms with Crippen LogP contribution in [0.3, 0.4) is 0 Å². The number of benzene rings is 1. The first-order valence-corrected chi connectivity index (χ1v) is 14.1. The number of carbonyl (C=O) groups is 1. The van der Waals surface area contributed by atoms with Crippen molar-refractivity contribution in [2.45, 2.75) is 70.3 Å². The Hall–Kier alpha value is -3.24. The van der Waals surface area contributed by atoms with Crippen molar-refractivity contribution in [2.75, 3.05) is 6.61 Å². The van der Waals surface area contributed by atoms with Gasteiger partial charge in [0.15, 0.2) is 11.8 Å². The number of aliphatic hydroxyl groups excluding tert-OH is 1. The van der Waals surface area contributed by atoms with Crippen LogP contribution in [0.5, 0.6) is 5.75 Å². The monoisotopic (exact) mass is 579 g/mol. The van der Waals surface area contributed by atoms with Gasteiger partial charge in [0.05, 0.1) is 12.7 Å². The van der Waals surface area contributed by atoms with Gasteiger partial charge >= 0.3 is 19.4 Å². The second-order valence-corrected chi connectivity index (χ2v) is 11.6. The average molecular weight is 580 g/mol. The van der Waals surface area contributed by atoms with Crippen LogP contribution in [-0.2, 0) is 23.4 Å². The van der Waals surface area contributed by atoms with Crippen LogP contribution in [0.2, 0.25) is 0 Å². The molecule has 0 saturated carbocycles. The number of rotatable bonds is 12. The van der Waals surface area contributed by atoms with Crippen molar-refractivity contribution in [1.29, 1.82) is 0 Å². The molecule has 13 nitrogen and oxygen atoms in total. The largest absolute Gasteiger partial charge is 0.462 e. The Kier molecular flexibility index (Phi) is 10.1. The maximum Gasteiger partial charge on any atom is 0.459 e. The molecule has 2 unspecified atom stereocenters. The summed E-state index contributed by atoms with van der Waals surface area (Å²) in [7, 11) is -4.38. The summed E-state index contributed by atoms with van der Waals surface area (Å²) in [5, 5.41) is 24.5. The van der Waals surface area contributed by atoms with E-state index in [1.807, 2.05) is 24.8 Å². The van der Waals surface area contributed by atoms with E-state index in [-0.39, 0.29) is 18.1 Å². The topological polar surface area (TPSA) is 178 Å². The fourth-order valence-electron chi connectivity index (χ4n) is 4.01. The van der Waals surface area contributed by atoms with Gasteiger partial charge in [0, 0.05) is 12.3 Å². The molecule has 3 rings (SSSR count). The van der Waals surface area contributed by atoms with Crippen LogP contribution in [0, 0.1) is 18.3 Å². The molecule has 1 aliphatic heterocycles. The molecule has 2 aromatic rings. The van der Waals surface area contributed by atoms with E-state index < -0.39 is 67.8 Å². The van der Waals surface area contributed by atoms with Gasteiger partial charge in [-0.25, -0.2) is 9.36 Å². The Bertz CT molecular complexity index is 1370. The normalized spacial score (nSPS) is 24.8. The van der Waals surface area contributed by atoms with Crippen LogP contribution in [0.25, 0.3) is 0 Å². The molecule has 1 fully saturated rings. The van der Waals surface area contributed by atoms with Gasteiger partial charge in [-0.15, -0.1) is 6.42 Å². The number of terminal acetylenes is 1. The van der Waals surface area contributed by atoms with Gasteiger partial charge in [-0.1, -0.05) is 38.0 Å². The zero-order valence-corrected chi connectivity index (χ0v) is 23.4. The van der Waals surface area contributed by atoms with Crippen LogP contribution in [0.1, 0.15) is 40.3 Å². The zero-order chi connectivity index (χ0) is 29.7. The van der Waals surface area contributed by atoms with Gasteiger partial charge in [0.1, 0.15) is 24.0 Å². The van der Waals surface area contributed by atoms with Crippen LogP contribution in [0.4, 0.5) is 0 Å². The van der Waals surface area contributed by atoms with Gasteiger partial charge in [0.25, 0.3) is 5.56 Å². The molecule has 4 N–H and O–H groups in total. The first kappa shape index (κ1) is 31.3. The third-order valence-electron chi connectivity index (χ3n) is 5.85. The van der Waals surface area contributed by atoms with Crippen molar-refractivity contribution >= 4 is 13.7 Å². The maximum absolute atomic E-state index is 14.0. The summed E-state index contributed by atoms with van der Waals surface area (Å²) < 4.78 is 37.1. The van der Waals surface area contributed by atoms with Crippen LogP contribution in [-0.4, -0.2) is 62.3 Å². The third-order valence-corrected chi connectivity index (χ3v) is 7.42. The molecule has 1 aliphatic rings. The minimum absolute atomic E-state index is 0.00982. The fraction of sp³-hybridized carbons (Fsp3) is 0.500. The zero-order valence-electron chi connectivity index (χ0n) is 22.6. The highest BCUT2D eigenvalue weighted by Crippen LogP contribution is 2.47. The molecule has 0 bridgehead atoms. The highest BCUT2D eigenvalue weighted by atomic mass is 31.2. The molecule has 6 atom stereocenters. The Morgan fingerprint density at radius 3 is 2.50 bits per heavy atom. The molecular weight excluding hydrogens is 545 g/mol. The molecule has 0 amide bonds. The number of aliphatic hydroxyl groups is 2. The van der Waals surface area contributed by atoms with Crippen LogP contribution >= 0.6 is 7.75 Å². The lowest BCUT2D eigenvalue weighted by Crippen LogP contribution is -2.48. The van der Waals surface area contributed by atoms with Gasteiger partial charge in [-0.05, 0) is 38.3 Å². The van der Waals surface area contributed by atoms with E-state index in [2.05, 4.69) is 5.09 Å². The highest BCUT2D eigenvalue weighted by Gasteiger charge is 2.56. The maximum atomic E-state index is 14.0. The predicted molar refractivity (Wildman–Crippen MR) is 143 cm³/mol. The smallest absolute Gasteiger partial charge is 0.459 e. The van der Waals surface area contributed by atoms with E-state index >= 15 is 0 Å². The predicted octanol–water partition coefficient (Wildman–Crippen LogP) is 1.32. The number of ether oxygens (including phenoxy) is 2. The second-order valence-electron chi connectivity index (χ2n) is 9.95. The number of carbonyl (C=O) groups excluding carboxylic acids is 1. The Morgan fingerprint density at radius 1 is 1.25 bits per heavy atom. The number of aromatic nitrogens is 2. The highest BCUT2D eigenvalue weighted by molar-refractivity contribution is 7.52. The van der Waals surface area contributed by atoms with Crippen molar-refractivity contribution in [1.82, 2.24) is 14.6 Å². The first-order chi connectivity index (χ1) is 18.8. The lowest BCUT2D eigenvalue weighted by atomic mass is 9.95. The summed E-state index contributed by atoms with van der Waals surface area (Å²) in [6, 6.07) is 7.98. The summed E-state index contributed by atoms with van der Waals surface area (Å²) in [6.45, 7) is 6.43. The lowest BCUT2D eigenvalue weighted by Gasteiger charge is -2.27. The van der Waals surface area contributed by atoms with Crippen molar-refractivity contribution in [3.8, 4) is 18.1 Å². The summed E-state index contributed by atoms with van der Waals surface area (Å²) in [5.41, 5.74) is -4.06. The minimum Gasteiger partial charge on any atom is -0.462 e. The molecule has 0 aliphatic carbocycles. The number of para-hydroxylation sites is 1. The van der Waals surface area contributed by atoms with E-state index in [9.17, 15) is 29.2 Å². The molecule has 14 heteroatoms. The third kappa shape index (κ3) is 7.48. The minimum atomic E-state index is -4.38. The molecule has 1 aromatic heterocycles. The van der Waals surface area contributed by atoms with E-state index in [4.69, 9.17) is 24.9 Å². The Labute approximate surface area is 231 Å². The molecule has 1 aromatic carbocycles. The Balaban J connectivity index is 1.89. The molecular formula is C26H34N3O10P. The number of H-pyrrole nitrogens is 1. The first-order valence-electron chi connectivity index (χ1n) is 12.6. The average Bonchev–Trinajstić information content (AvgIpc) is 3.12. The number of esters is 1. The number of nitrogens with zero attached hydrogens (tertiary/aromatic N) is 1. The van der Waals surface area contributed by atoms with Crippen LogP contribution in [0.15, 0.2) is 52.2 Å². The van der Waals surface area contributed by atoms with Gasteiger partial charge < -0.3 is 24.2 Å². The van der Waals surface area contributed by atoms with Crippen molar-refractivity contribution in [3.63, 3.8) is 0 Å². The van der Waals surface area contributed by atoms with Gasteiger partial charge in [0.2, 0.25) is 0 Å². The van der Waals surface area contributed by atoms with E-state index in [0.29, 0.717) is 0 Å². The standard InChI is InChI=1S/C26H34N3O10P/c1-6-26(34)22(31)20(38-24(26)29-13-12-21(30)27-25(29)33)15-36-40(35,39-18-10-8-7-9-11-18)28-19(14-16(2)3)23(32)37-17(4)5/h1,7-13,16-17,19-20,22,24,31,34H,14-15H2,2-5H3,(H,28,35)(H,27,30,33)/t19-,20+,22+,24?,26+,40?/m0/s1. The molecule has 1 saturated heterocycles. The molecule has 40 heavy (non-hydrogen) atoms. The summed E-state index contributed by atoms with van der Waals surface area (Å²) in [4.78, 5) is 38.6. The van der Waals surface area contributed by atoms with Gasteiger partial charge in [-0.2, -0.15) is 5.09 Å². The quantitative estimate of drug-likeness (QED) is 0.162. The summed E-state index contributed by atoms with van der Waals surface area (Å²) in [6.07, 6.45) is 1.48. The van der Waals surface area contributed by atoms with Crippen molar-refractivity contribution < 1.29 is 38.1 Å². The lowest BCUT2D eigenvalue weighted by molar-refractivity contribution is -0.150. The van der Waals surface area contributed by atoms with E-state index in [1.54, 1.807) is 32.0 Å².